The van der Waals surface area contributed by atoms with Crippen LogP contribution in [0.25, 0.3) is 0 Å². The van der Waals surface area contributed by atoms with Crippen molar-refractivity contribution in [3.05, 3.63) is 64.1 Å². The molecule has 4 heteroatoms. The molecule has 1 N–H and O–H groups in total. The Morgan fingerprint density at radius 3 is 2.48 bits per heavy atom. The van der Waals surface area contributed by atoms with E-state index in [4.69, 9.17) is 4.74 Å². The number of rotatable bonds is 7. The third-order valence-electron chi connectivity index (χ3n) is 3.84. The molecule has 0 heterocycles. The summed E-state index contributed by atoms with van der Waals surface area (Å²) in [5.41, 5.74) is 2.25. The highest BCUT2D eigenvalue weighted by molar-refractivity contribution is 9.10. The van der Waals surface area contributed by atoms with Crippen LogP contribution in [0.3, 0.4) is 0 Å². The van der Waals surface area contributed by atoms with Crippen molar-refractivity contribution in [2.45, 2.75) is 32.2 Å². The van der Waals surface area contributed by atoms with Gasteiger partial charge in [-0.2, -0.15) is 0 Å². The Morgan fingerprint density at radius 2 is 1.87 bits per heavy atom. The minimum absolute atomic E-state index is 0.0348. The van der Waals surface area contributed by atoms with Crippen LogP contribution >= 0.6 is 15.9 Å². The predicted molar refractivity (Wildman–Crippen MR) is 96.6 cm³/mol. The zero-order valence-electron chi connectivity index (χ0n) is 13.5. The van der Waals surface area contributed by atoms with E-state index in [0.29, 0.717) is 6.42 Å². The number of hydrogen-bond donors (Lipinski definition) is 1. The quantitative estimate of drug-likeness (QED) is 0.764. The fraction of sp³-hybridized carbons (Fsp3) is 0.316. The first-order valence-corrected chi connectivity index (χ1v) is 8.60. The molecule has 0 bridgehead atoms. The number of halogens is 1. The standard InChI is InChI=1S/C19H22BrNO2/c1-3-18(15-8-11-16(23-2)12-9-15)21-19(22)13-10-14-6-4-5-7-17(14)20/h4-9,11-12,18H,3,10,13H2,1-2H3,(H,21,22). The average molecular weight is 376 g/mol. The molecule has 0 radical (unpaired) electrons. The molecule has 0 aromatic heterocycles. The van der Waals surface area contributed by atoms with Gasteiger partial charge in [0, 0.05) is 10.9 Å². The SMILES string of the molecule is CCC(NC(=O)CCc1ccccc1Br)c1ccc(OC)cc1. The molecule has 1 unspecified atom stereocenters. The Hall–Kier alpha value is -1.81. The normalized spacial score (nSPS) is 11.8. The predicted octanol–water partition coefficient (Wildman–Crippen LogP) is 4.66. The van der Waals surface area contributed by atoms with Crippen molar-refractivity contribution in [1.82, 2.24) is 5.32 Å². The lowest BCUT2D eigenvalue weighted by molar-refractivity contribution is -0.121. The summed E-state index contributed by atoms with van der Waals surface area (Å²) in [6, 6.07) is 15.9. The molecule has 2 aromatic rings. The molecule has 1 atom stereocenters. The molecule has 2 aromatic carbocycles. The summed E-state index contributed by atoms with van der Waals surface area (Å²) in [7, 11) is 1.65. The smallest absolute Gasteiger partial charge is 0.220 e. The summed E-state index contributed by atoms with van der Waals surface area (Å²) in [6.07, 6.45) is 2.06. The first kappa shape index (κ1) is 17.5. The lowest BCUT2D eigenvalue weighted by Crippen LogP contribution is -2.28. The molecule has 0 saturated heterocycles. The van der Waals surface area contributed by atoms with Crippen LogP contribution in [0.5, 0.6) is 5.75 Å². The van der Waals surface area contributed by atoms with Gasteiger partial charge in [-0.25, -0.2) is 0 Å². The van der Waals surface area contributed by atoms with E-state index in [9.17, 15) is 4.79 Å². The van der Waals surface area contributed by atoms with E-state index in [-0.39, 0.29) is 11.9 Å². The van der Waals surface area contributed by atoms with Crippen molar-refractivity contribution < 1.29 is 9.53 Å². The minimum atomic E-state index is 0.0348. The third-order valence-corrected chi connectivity index (χ3v) is 4.61. The first-order chi connectivity index (χ1) is 11.1. The molecule has 0 aliphatic carbocycles. The van der Waals surface area contributed by atoms with Gasteiger partial charge >= 0.3 is 0 Å². The van der Waals surface area contributed by atoms with E-state index in [1.54, 1.807) is 7.11 Å². The molecular weight excluding hydrogens is 354 g/mol. The van der Waals surface area contributed by atoms with Gasteiger partial charge in [-0.05, 0) is 42.2 Å². The molecule has 23 heavy (non-hydrogen) atoms. The molecule has 2 rings (SSSR count). The third kappa shape index (κ3) is 5.10. The summed E-state index contributed by atoms with van der Waals surface area (Å²) in [4.78, 5) is 12.2. The summed E-state index contributed by atoms with van der Waals surface area (Å²) in [5, 5.41) is 3.12. The Bertz CT molecular complexity index is 640. The topological polar surface area (TPSA) is 38.3 Å². The van der Waals surface area contributed by atoms with Crippen molar-refractivity contribution in [3.63, 3.8) is 0 Å². The van der Waals surface area contributed by atoms with Crippen LogP contribution in [-0.4, -0.2) is 13.0 Å². The lowest BCUT2D eigenvalue weighted by atomic mass is 10.0. The van der Waals surface area contributed by atoms with E-state index in [0.717, 1.165) is 34.2 Å². The highest BCUT2D eigenvalue weighted by Gasteiger charge is 2.13. The first-order valence-electron chi connectivity index (χ1n) is 7.80. The molecule has 122 valence electrons. The summed E-state index contributed by atoms with van der Waals surface area (Å²) >= 11 is 3.52. The van der Waals surface area contributed by atoms with Gasteiger partial charge in [-0.3, -0.25) is 4.79 Å². The molecule has 0 aliphatic heterocycles. The number of nitrogens with one attached hydrogen (secondary N) is 1. The maximum Gasteiger partial charge on any atom is 0.220 e. The Balaban J connectivity index is 1.92. The van der Waals surface area contributed by atoms with Gasteiger partial charge in [0.15, 0.2) is 0 Å². The number of aryl methyl sites for hydroxylation is 1. The molecule has 3 nitrogen and oxygen atoms in total. The summed E-state index contributed by atoms with van der Waals surface area (Å²) < 4.78 is 6.22. The molecule has 0 fully saturated rings. The number of benzene rings is 2. The number of amides is 1. The van der Waals surface area contributed by atoms with Crippen LogP contribution < -0.4 is 10.1 Å². The van der Waals surface area contributed by atoms with Gasteiger partial charge < -0.3 is 10.1 Å². The van der Waals surface area contributed by atoms with Gasteiger partial charge in [0.2, 0.25) is 5.91 Å². The Labute approximate surface area is 146 Å². The molecular formula is C19H22BrNO2. The van der Waals surface area contributed by atoms with E-state index >= 15 is 0 Å². The second-order valence-electron chi connectivity index (χ2n) is 5.39. The van der Waals surface area contributed by atoms with E-state index in [1.165, 1.54) is 0 Å². The van der Waals surface area contributed by atoms with E-state index in [2.05, 4.69) is 28.2 Å². The maximum absolute atomic E-state index is 12.2. The molecule has 0 aliphatic rings. The monoisotopic (exact) mass is 375 g/mol. The van der Waals surface area contributed by atoms with Crippen LogP contribution in [0, 0.1) is 0 Å². The Kier molecular flexibility index (Phi) is 6.66. The second-order valence-corrected chi connectivity index (χ2v) is 6.25. The number of hydrogen-bond acceptors (Lipinski definition) is 2. The van der Waals surface area contributed by atoms with Crippen molar-refractivity contribution in [3.8, 4) is 5.75 Å². The van der Waals surface area contributed by atoms with Gasteiger partial charge in [0.1, 0.15) is 5.75 Å². The van der Waals surface area contributed by atoms with Gasteiger partial charge in [-0.1, -0.05) is 53.2 Å². The molecule has 0 saturated carbocycles. The van der Waals surface area contributed by atoms with Crippen LogP contribution in [0.1, 0.15) is 36.9 Å². The van der Waals surface area contributed by atoms with Crippen LogP contribution in [0.15, 0.2) is 53.0 Å². The van der Waals surface area contributed by atoms with Gasteiger partial charge in [-0.15, -0.1) is 0 Å². The summed E-state index contributed by atoms with van der Waals surface area (Å²) in [6.45, 7) is 2.07. The fourth-order valence-corrected chi connectivity index (χ4v) is 2.96. The molecule has 0 spiro atoms. The lowest BCUT2D eigenvalue weighted by Gasteiger charge is -2.18. The zero-order valence-corrected chi connectivity index (χ0v) is 15.1. The number of carbonyl (C=O) groups excluding carboxylic acids is 1. The van der Waals surface area contributed by atoms with Crippen molar-refractivity contribution in [2.75, 3.05) is 7.11 Å². The van der Waals surface area contributed by atoms with Crippen LogP contribution in [-0.2, 0) is 11.2 Å². The van der Waals surface area contributed by atoms with Crippen LogP contribution in [0.2, 0.25) is 0 Å². The average Bonchev–Trinajstić information content (AvgIpc) is 2.59. The van der Waals surface area contributed by atoms with E-state index < -0.39 is 0 Å². The van der Waals surface area contributed by atoms with Crippen molar-refractivity contribution in [1.29, 1.82) is 0 Å². The second kappa shape index (κ2) is 8.73. The van der Waals surface area contributed by atoms with Crippen LogP contribution in [0.4, 0.5) is 0 Å². The highest BCUT2D eigenvalue weighted by Crippen LogP contribution is 2.21. The molecule has 1 amide bonds. The van der Waals surface area contributed by atoms with Gasteiger partial charge in [0.05, 0.1) is 13.2 Å². The van der Waals surface area contributed by atoms with E-state index in [1.807, 2.05) is 48.5 Å². The van der Waals surface area contributed by atoms with Crippen molar-refractivity contribution in [2.24, 2.45) is 0 Å². The number of carbonyl (C=O) groups is 1. The number of ether oxygens (including phenoxy) is 1. The summed E-state index contributed by atoms with van der Waals surface area (Å²) in [5.74, 6) is 0.896. The highest BCUT2D eigenvalue weighted by atomic mass is 79.9. The number of methoxy groups -OCH3 is 1. The largest absolute Gasteiger partial charge is 0.497 e. The fourth-order valence-electron chi connectivity index (χ4n) is 2.47. The Morgan fingerprint density at radius 1 is 1.17 bits per heavy atom. The zero-order chi connectivity index (χ0) is 16.7. The van der Waals surface area contributed by atoms with Crippen molar-refractivity contribution >= 4 is 21.8 Å². The van der Waals surface area contributed by atoms with Gasteiger partial charge in [0.25, 0.3) is 0 Å². The minimum Gasteiger partial charge on any atom is -0.497 e. The maximum atomic E-state index is 12.2.